The van der Waals surface area contributed by atoms with Crippen LogP contribution in [0.2, 0.25) is 0 Å². The molecule has 1 spiro atoms. The van der Waals surface area contributed by atoms with Gasteiger partial charge in [0.2, 0.25) is 0 Å². The third-order valence-electron chi connectivity index (χ3n) is 4.97. The Hall–Kier alpha value is -0.730. The molecular weight excluding hydrogens is 222 g/mol. The SMILES string of the molecule is CCCN1C(N)=NCC12CCC(C(C)(C)C)CC2. The lowest BCUT2D eigenvalue weighted by Gasteiger charge is -2.46. The fourth-order valence-corrected chi connectivity index (χ4v) is 3.67. The minimum atomic E-state index is 0.266. The highest BCUT2D eigenvalue weighted by Crippen LogP contribution is 2.45. The summed E-state index contributed by atoms with van der Waals surface area (Å²) in [6.45, 7) is 11.3. The van der Waals surface area contributed by atoms with Crippen LogP contribution in [0.4, 0.5) is 0 Å². The maximum atomic E-state index is 6.07. The molecule has 0 atom stereocenters. The fourth-order valence-electron chi connectivity index (χ4n) is 3.67. The molecule has 1 aliphatic carbocycles. The van der Waals surface area contributed by atoms with Gasteiger partial charge >= 0.3 is 0 Å². The molecule has 0 unspecified atom stereocenters. The summed E-state index contributed by atoms with van der Waals surface area (Å²) in [5.74, 6) is 1.64. The molecule has 0 radical (unpaired) electrons. The van der Waals surface area contributed by atoms with Gasteiger partial charge in [-0.3, -0.25) is 4.99 Å². The molecule has 1 saturated carbocycles. The summed E-state index contributed by atoms with van der Waals surface area (Å²) in [5, 5.41) is 0. The van der Waals surface area contributed by atoms with Crippen LogP contribution in [-0.2, 0) is 0 Å². The molecule has 2 aliphatic rings. The highest BCUT2D eigenvalue weighted by atomic mass is 15.4. The van der Waals surface area contributed by atoms with Crippen molar-refractivity contribution in [3.8, 4) is 0 Å². The largest absolute Gasteiger partial charge is 0.370 e. The topological polar surface area (TPSA) is 41.6 Å². The normalized spacial score (nSPS) is 33.0. The van der Waals surface area contributed by atoms with E-state index in [1.165, 1.54) is 25.7 Å². The Balaban J connectivity index is 2.04. The molecule has 0 amide bonds. The van der Waals surface area contributed by atoms with Crippen LogP contribution in [0.15, 0.2) is 4.99 Å². The zero-order valence-corrected chi connectivity index (χ0v) is 12.5. The van der Waals surface area contributed by atoms with E-state index in [2.05, 4.69) is 37.6 Å². The van der Waals surface area contributed by atoms with Crippen molar-refractivity contribution < 1.29 is 0 Å². The Labute approximate surface area is 112 Å². The van der Waals surface area contributed by atoms with Crippen molar-refractivity contribution in [2.45, 2.75) is 65.3 Å². The molecule has 0 bridgehead atoms. The van der Waals surface area contributed by atoms with Gasteiger partial charge in [0, 0.05) is 6.54 Å². The molecule has 3 nitrogen and oxygen atoms in total. The van der Waals surface area contributed by atoms with Gasteiger partial charge in [0.1, 0.15) is 0 Å². The molecule has 1 aliphatic heterocycles. The van der Waals surface area contributed by atoms with Gasteiger partial charge in [-0.2, -0.15) is 0 Å². The van der Waals surface area contributed by atoms with E-state index in [0.29, 0.717) is 5.41 Å². The summed E-state index contributed by atoms with van der Waals surface area (Å²) >= 11 is 0. The van der Waals surface area contributed by atoms with Gasteiger partial charge in [0.15, 0.2) is 5.96 Å². The molecule has 18 heavy (non-hydrogen) atoms. The summed E-state index contributed by atoms with van der Waals surface area (Å²) in [4.78, 5) is 6.92. The third-order valence-corrected chi connectivity index (χ3v) is 4.97. The lowest BCUT2D eigenvalue weighted by Crippen LogP contribution is -2.54. The van der Waals surface area contributed by atoms with Gasteiger partial charge in [-0.25, -0.2) is 0 Å². The van der Waals surface area contributed by atoms with E-state index in [9.17, 15) is 0 Å². The second kappa shape index (κ2) is 4.75. The number of nitrogens with two attached hydrogens (primary N) is 1. The van der Waals surface area contributed by atoms with Gasteiger partial charge in [-0.15, -0.1) is 0 Å². The van der Waals surface area contributed by atoms with Crippen molar-refractivity contribution in [1.29, 1.82) is 0 Å². The van der Waals surface area contributed by atoms with Crippen molar-refractivity contribution in [2.24, 2.45) is 22.1 Å². The highest BCUT2D eigenvalue weighted by Gasteiger charge is 2.45. The van der Waals surface area contributed by atoms with Crippen LogP contribution in [0.25, 0.3) is 0 Å². The summed E-state index contributed by atoms with van der Waals surface area (Å²) in [5.41, 5.74) is 6.78. The maximum Gasteiger partial charge on any atom is 0.191 e. The van der Waals surface area contributed by atoms with Crippen LogP contribution < -0.4 is 5.73 Å². The van der Waals surface area contributed by atoms with E-state index in [1.807, 2.05) is 0 Å². The number of aliphatic imine (C=N–C) groups is 1. The van der Waals surface area contributed by atoms with E-state index in [4.69, 9.17) is 5.73 Å². The smallest absolute Gasteiger partial charge is 0.191 e. The molecule has 0 saturated heterocycles. The van der Waals surface area contributed by atoms with E-state index >= 15 is 0 Å². The molecule has 1 fully saturated rings. The molecule has 0 aromatic rings. The summed E-state index contributed by atoms with van der Waals surface area (Å²) in [6, 6.07) is 0. The first-order valence-electron chi connectivity index (χ1n) is 7.46. The Morgan fingerprint density at radius 3 is 2.44 bits per heavy atom. The second-order valence-corrected chi connectivity index (χ2v) is 7.19. The van der Waals surface area contributed by atoms with Crippen LogP contribution in [0.3, 0.4) is 0 Å². The summed E-state index contributed by atoms with van der Waals surface area (Å²) in [7, 11) is 0. The molecule has 104 valence electrons. The number of rotatable bonds is 2. The fraction of sp³-hybridized carbons (Fsp3) is 0.933. The lowest BCUT2D eigenvalue weighted by atomic mass is 9.67. The molecule has 1 heterocycles. The first kappa shape index (κ1) is 13.7. The van der Waals surface area contributed by atoms with Gasteiger partial charge < -0.3 is 10.6 Å². The zero-order valence-electron chi connectivity index (χ0n) is 12.5. The van der Waals surface area contributed by atoms with Crippen molar-refractivity contribution >= 4 is 5.96 Å². The van der Waals surface area contributed by atoms with E-state index < -0.39 is 0 Å². The average Bonchev–Trinajstić information content (AvgIpc) is 2.59. The third kappa shape index (κ3) is 2.36. The minimum absolute atomic E-state index is 0.266. The Morgan fingerprint density at radius 2 is 1.94 bits per heavy atom. The highest BCUT2D eigenvalue weighted by molar-refractivity contribution is 5.81. The summed E-state index contributed by atoms with van der Waals surface area (Å²) in [6.07, 6.45) is 6.33. The average molecular weight is 251 g/mol. The van der Waals surface area contributed by atoms with E-state index in [-0.39, 0.29) is 5.54 Å². The van der Waals surface area contributed by atoms with Crippen molar-refractivity contribution in [1.82, 2.24) is 4.90 Å². The van der Waals surface area contributed by atoms with Crippen LogP contribution in [0.5, 0.6) is 0 Å². The molecule has 3 heteroatoms. The van der Waals surface area contributed by atoms with E-state index in [1.54, 1.807) is 0 Å². The van der Waals surface area contributed by atoms with Crippen LogP contribution in [0.1, 0.15) is 59.8 Å². The quantitative estimate of drug-likeness (QED) is 0.819. The zero-order chi connectivity index (χ0) is 13.4. The summed E-state index contributed by atoms with van der Waals surface area (Å²) < 4.78 is 0. The van der Waals surface area contributed by atoms with Gasteiger partial charge in [0.25, 0.3) is 0 Å². The number of hydrogen-bond donors (Lipinski definition) is 1. The number of nitrogens with zero attached hydrogens (tertiary/aromatic N) is 2. The van der Waals surface area contributed by atoms with E-state index in [0.717, 1.165) is 31.4 Å². The van der Waals surface area contributed by atoms with Crippen molar-refractivity contribution in [3.63, 3.8) is 0 Å². The predicted octanol–water partition coefficient (Wildman–Crippen LogP) is 3.00. The van der Waals surface area contributed by atoms with Crippen molar-refractivity contribution in [2.75, 3.05) is 13.1 Å². The van der Waals surface area contributed by atoms with Gasteiger partial charge in [-0.05, 0) is 43.4 Å². The molecular formula is C15H29N3. The standard InChI is InChI=1S/C15H29N3/c1-5-10-18-13(16)17-11-15(18)8-6-12(7-9-15)14(2,3)4/h12H,5-11H2,1-4H3,(H2,16,17). The monoisotopic (exact) mass is 251 g/mol. The van der Waals surface area contributed by atoms with Crippen LogP contribution in [-0.4, -0.2) is 29.5 Å². The Kier molecular flexibility index (Phi) is 3.61. The number of hydrogen-bond acceptors (Lipinski definition) is 3. The minimum Gasteiger partial charge on any atom is -0.370 e. The van der Waals surface area contributed by atoms with Crippen LogP contribution in [0, 0.1) is 11.3 Å². The lowest BCUT2D eigenvalue weighted by molar-refractivity contribution is 0.0742. The molecule has 0 aromatic carbocycles. The van der Waals surface area contributed by atoms with Crippen molar-refractivity contribution in [3.05, 3.63) is 0 Å². The maximum absolute atomic E-state index is 6.07. The van der Waals surface area contributed by atoms with Gasteiger partial charge in [0.05, 0.1) is 12.1 Å². The predicted molar refractivity (Wildman–Crippen MR) is 77.6 cm³/mol. The number of guanidine groups is 1. The Bertz CT molecular complexity index is 319. The second-order valence-electron chi connectivity index (χ2n) is 7.19. The Morgan fingerprint density at radius 1 is 1.33 bits per heavy atom. The molecule has 2 N–H and O–H groups in total. The van der Waals surface area contributed by atoms with Crippen LogP contribution >= 0.6 is 0 Å². The first-order chi connectivity index (χ1) is 8.39. The molecule has 0 aromatic heterocycles. The first-order valence-corrected chi connectivity index (χ1v) is 7.46. The molecule has 2 rings (SSSR count). The van der Waals surface area contributed by atoms with Gasteiger partial charge in [-0.1, -0.05) is 27.7 Å².